The van der Waals surface area contributed by atoms with Crippen molar-refractivity contribution < 1.29 is 14.6 Å². The van der Waals surface area contributed by atoms with Crippen molar-refractivity contribution in [3.05, 3.63) is 53.9 Å². The molecule has 3 aliphatic carbocycles. The predicted molar refractivity (Wildman–Crippen MR) is 152 cm³/mol. The molecule has 2 atom stereocenters. The van der Waals surface area contributed by atoms with Crippen LogP contribution in [0.1, 0.15) is 93.7 Å². The van der Waals surface area contributed by atoms with Crippen LogP contribution in [0.25, 0.3) is 0 Å². The summed E-state index contributed by atoms with van der Waals surface area (Å²) in [5.74, 6) is 0. The van der Waals surface area contributed by atoms with Crippen molar-refractivity contribution in [2.75, 3.05) is 13.2 Å². The lowest BCUT2D eigenvalue weighted by Gasteiger charge is -2.45. The molecule has 3 heterocycles. The van der Waals surface area contributed by atoms with Crippen LogP contribution in [0.3, 0.4) is 0 Å². The Morgan fingerprint density at radius 1 is 0.725 bits per heavy atom. The molecule has 2 unspecified atom stereocenters. The smallest absolute Gasteiger partial charge is 0.161 e. The van der Waals surface area contributed by atoms with Gasteiger partial charge < -0.3 is 14.6 Å². The highest BCUT2D eigenvalue weighted by atomic mass is 16.5. The molecule has 218 valence electrons. The van der Waals surface area contributed by atoms with Crippen LogP contribution in [-0.2, 0) is 26.3 Å². The number of aliphatic hydroxyl groups excluding tert-OH is 1. The van der Waals surface area contributed by atoms with E-state index in [0.29, 0.717) is 6.61 Å². The normalized spacial score (nSPS) is 30.6. The van der Waals surface area contributed by atoms with E-state index in [1.54, 1.807) is 0 Å². The van der Waals surface area contributed by atoms with Crippen LogP contribution in [0.5, 0.6) is 0 Å². The van der Waals surface area contributed by atoms with E-state index in [9.17, 15) is 5.11 Å². The van der Waals surface area contributed by atoms with E-state index in [4.69, 9.17) is 19.7 Å². The molecule has 9 nitrogen and oxygen atoms in total. The lowest BCUT2D eigenvalue weighted by atomic mass is 9.80. The standard InChI is InChI=1S/C31H46N6O3/c1-24-16-32-35(19-24)29(23-39-28-9-14-30(15-28,22-38)36-20-25(2)17-33-36)12-7-27(8-13-29)40-31(10-5-4-6-11-31)37-21-26(3)18-34-37/h16-21,27-28,38H,4-15,22-23H2,1-3H3. The van der Waals surface area contributed by atoms with Gasteiger partial charge in [-0.25, -0.2) is 4.68 Å². The minimum Gasteiger partial charge on any atom is -0.394 e. The van der Waals surface area contributed by atoms with Gasteiger partial charge >= 0.3 is 0 Å². The fourth-order valence-electron chi connectivity index (χ4n) is 7.38. The Labute approximate surface area is 237 Å². The zero-order chi connectivity index (χ0) is 27.8. The summed E-state index contributed by atoms with van der Waals surface area (Å²) in [4.78, 5) is 0. The maximum atomic E-state index is 10.4. The van der Waals surface area contributed by atoms with Gasteiger partial charge in [-0.1, -0.05) is 6.42 Å². The Kier molecular flexibility index (Phi) is 7.65. The first-order valence-electron chi connectivity index (χ1n) is 15.3. The average Bonchev–Trinajstić information content (AvgIpc) is 3.77. The van der Waals surface area contributed by atoms with Crippen molar-refractivity contribution in [3.63, 3.8) is 0 Å². The number of nitrogens with zero attached hydrogens (tertiary/aromatic N) is 6. The molecule has 0 radical (unpaired) electrons. The maximum Gasteiger partial charge on any atom is 0.161 e. The van der Waals surface area contributed by atoms with Gasteiger partial charge in [-0.15, -0.1) is 0 Å². The highest BCUT2D eigenvalue weighted by molar-refractivity contribution is 5.07. The van der Waals surface area contributed by atoms with E-state index in [0.717, 1.165) is 63.4 Å². The molecule has 3 aromatic heterocycles. The molecule has 0 amide bonds. The van der Waals surface area contributed by atoms with Gasteiger partial charge in [0.05, 0.1) is 55.1 Å². The second kappa shape index (κ2) is 11.1. The Morgan fingerprint density at radius 3 is 1.80 bits per heavy atom. The summed E-state index contributed by atoms with van der Waals surface area (Å²) in [5.41, 5.74) is 2.58. The molecule has 6 rings (SSSR count). The van der Waals surface area contributed by atoms with Crippen molar-refractivity contribution in [1.82, 2.24) is 29.3 Å². The third-order valence-corrected chi connectivity index (χ3v) is 9.83. The van der Waals surface area contributed by atoms with E-state index in [1.165, 1.54) is 30.4 Å². The van der Waals surface area contributed by atoms with Crippen LogP contribution in [-0.4, -0.2) is 59.9 Å². The molecular formula is C31H46N6O3. The minimum absolute atomic E-state index is 0.0774. The number of aromatic nitrogens is 6. The molecule has 0 saturated heterocycles. The molecule has 40 heavy (non-hydrogen) atoms. The van der Waals surface area contributed by atoms with E-state index in [2.05, 4.69) is 40.7 Å². The van der Waals surface area contributed by atoms with Crippen LogP contribution in [0.2, 0.25) is 0 Å². The summed E-state index contributed by atoms with van der Waals surface area (Å²) in [6, 6.07) is 0. The SMILES string of the molecule is Cc1cnn(C2(COC3CCC(CO)(n4cc(C)cn4)C3)CCC(OC3(n4cc(C)cn4)CCCCC3)CC2)c1. The van der Waals surface area contributed by atoms with Gasteiger partial charge in [0.1, 0.15) is 0 Å². The number of rotatable bonds is 9. The molecule has 3 saturated carbocycles. The van der Waals surface area contributed by atoms with Gasteiger partial charge in [0.25, 0.3) is 0 Å². The van der Waals surface area contributed by atoms with Crippen molar-refractivity contribution in [2.45, 2.75) is 127 Å². The van der Waals surface area contributed by atoms with Crippen LogP contribution in [0.15, 0.2) is 37.2 Å². The van der Waals surface area contributed by atoms with Gasteiger partial charge in [-0.05, 0) is 102 Å². The minimum atomic E-state index is -0.376. The molecule has 0 aromatic carbocycles. The molecule has 0 bridgehead atoms. The van der Waals surface area contributed by atoms with E-state index in [-0.39, 0.29) is 35.6 Å². The lowest BCUT2D eigenvalue weighted by Crippen LogP contribution is -2.48. The van der Waals surface area contributed by atoms with Crippen molar-refractivity contribution in [2.24, 2.45) is 0 Å². The maximum absolute atomic E-state index is 10.4. The first-order chi connectivity index (χ1) is 19.3. The number of hydrogen-bond donors (Lipinski definition) is 1. The lowest BCUT2D eigenvalue weighted by molar-refractivity contribution is -0.189. The summed E-state index contributed by atoms with van der Waals surface area (Å²) in [6.07, 6.45) is 24.5. The molecule has 3 aliphatic rings. The molecule has 0 aliphatic heterocycles. The Hall–Kier alpha value is -2.49. The summed E-state index contributed by atoms with van der Waals surface area (Å²) >= 11 is 0. The Balaban J connectivity index is 1.14. The number of hydrogen-bond acceptors (Lipinski definition) is 6. The average molecular weight is 551 g/mol. The molecule has 3 aromatic rings. The number of aryl methyl sites for hydroxylation is 3. The van der Waals surface area contributed by atoms with Gasteiger partial charge in [0.15, 0.2) is 5.72 Å². The van der Waals surface area contributed by atoms with Gasteiger partial charge in [-0.3, -0.25) is 9.36 Å². The van der Waals surface area contributed by atoms with Crippen LogP contribution >= 0.6 is 0 Å². The third-order valence-electron chi connectivity index (χ3n) is 9.83. The Bertz CT molecular complexity index is 1270. The molecule has 3 fully saturated rings. The first-order valence-corrected chi connectivity index (χ1v) is 15.3. The monoisotopic (exact) mass is 550 g/mol. The van der Waals surface area contributed by atoms with E-state index in [1.807, 2.05) is 36.4 Å². The number of aliphatic hydroxyl groups is 1. The van der Waals surface area contributed by atoms with Crippen molar-refractivity contribution in [1.29, 1.82) is 0 Å². The fourth-order valence-corrected chi connectivity index (χ4v) is 7.38. The summed E-state index contributed by atoms with van der Waals surface area (Å²) in [6.45, 7) is 6.94. The highest BCUT2D eigenvalue weighted by Gasteiger charge is 2.46. The quantitative estimate of drug-likeness (QED) is 0.397. The summed E-state index contributed by atoms with van der Waals surface area (Å²) in [7, 11) is 0. The van der Waals surface area contributed by atoms with Crippen LogP contribution in [0.4, 0.5) is 0 Å². The highest BCUT2D eigenvalue weighted by Crippen LogP contribution is 2.44. The molecule has 0 spiro atoms. The third kappa shape index (κ3) is 5.28. The molecule has 1 N–H and O–H groups in total. The second-order valence-corrected chi connectivity index (χ2v) is 13.0. The number of ether oxygens (including phenoxy) is 2. The second-order valence-electron chi connectivity index (χ2n) is 13.0. The largest absolute Gasteiger partial charge is 0.394 e. The van der Waals surface area contributed by atoms with Crippen LogP contribution in [0, 0.1) is 20.8 Å². The first kappa shape index (κ1) is 27.7. The molecule has 9 heteroatoms. The van der Waals surface area contributed by atoms with E-state index >= 15 is 0 Å². The zero-order valence-electron chi connectivity index (χ0n) is 24.5. The summed E-state index contributed by atoms with van der Waals surface area (Å²) in [5, 5.41) is 24.4. The van der Waals surface area contributed by atoms with Gasteiger partial charge in [0.2, 0.25) is 0 Å². The van der Waals surface area contributed by atoms with Gasteiger partial charge in [-0.2, -0.15) is 15.3 Å². The van der Waals surface area contributed by atoms with Crippen molar-refractivity contribution in [3.8, 4) is 0 Å². The predicted octanol–water partition coefficient (Wildman–Crippen LogP) is 5.13. The Morgan fingerprint density at radius 2 is 1.25 bits per heavy atom. The van der Waals surface area contributed by atoms with E-state index < -0.39 is 0 Å². The molecular weight excluding hydrogens is 504 g/mol. The van der Waals surface area contributed by atoms with Crippen molar-refractivity contribution >= 4 is 0 Å². The van der Waals surface area contributed by atoms with Crippen LogP contribution < -0.4 is 0 Å². The topological polar surface area (TPSA) is 92.1 Å². The van der Waals surface area contributed by atoms with Gasteiger partial charge in [0, 0.05) is 25.0 Å². The fraction of sp³-hybridized carbons (Fsp3) is 0.710. The summed E-state index contributed by atoms with van der Waals surface area (Å²) < 4.78 is 20.0. The zero-order valence-corrected chi connectivity index (χ0v) is 24.5.